The van der Waals surface area contributed by atoms with Gasteiger partial charge in [0.25, 0.3) is 0 Å². The summed E-state index contributed by atoms with van der Waals surface area (Å²) in [5.74, 6) is -0.740. The smallest absolute Gasteiger partial charge is 0.313 e. The number of benzene rings is 1. The van der Waals surface area contributed by atoms with Crippen molar-refractivity contribution in [2.45, 2.75) is 31.2 Å². The molecule has 0 unspecified atom stereocenters. The second-order valence-corrected chi connectivity index (χ2v) is 7.48. The molecule has 0 radical (unpaired) electrons. The van der Waals surface area contributed by atoms with Gasteiger partial charge < -0.3 is 10.1 Å². The molecule has 0 aliphatic carbocycles. The molecule has 2 heterocycles. The lowest BCUT2D eigenvalue weighted by Crippen LogP contribution is -2.22. The van der Waals surface area contributed by atoms with E-state index in [0.717, 1.165) is 27.2 Å². The summed E-state index contributed by atoms with van der Waals surface area (Å²) in [5, 5.41) is 14.5. The molecule has 0 atom stereocenters. The molecule has 0 spiro atoms. The van der Waals surface area contributed by atoms with Crippen molar-refractivity contribution in [1.82, 2.24) is 14.8 Å². The SMILES string of the molecule is CC(C)(C)n1ccc(-c2cc3cc(SCC(=O)O)ccc3[nH]2)n1. The fourth-order valence-corrected chi connectivity index (χ4v) is 2.99. The first-order valence-electron chi connectivity index (χ1n) is 7.37. The molecule has 6 heteroatoms. The molecule has 0 amide bonds. The second-order valence-electron chi connectivity index (χ2n) is 6.43. The van der Waals surface area contributed by atoms with Crippen LogP contribution in [0.25, 0.3) is 22.3 Å². The molecular formula is C17H19N3O2S. The van der Waals surface area contributed by atoms with Gasteiger partial charge in [-0.15, -0.1) is 11.8 Å². The van der Waals surface area contributed by atoms with Crippen molar-refractivity contribution in [3.63, 3.8) is 0 Å². The number of carboxylic acid groups (broad SMARTS) is 1. The van der Waals surface area contributed by atoms with E-state index in [1.54, 1.807) is 0 Å². The first-order chi connectivity index (χ1) is 10.8. The van der Waals surface area contributed by atoms with Crippen LogP contribution in [-0.4, -0.2) is 31.6 Å². The average molecular weight is 329 g/mol. The van der Waals surface area contributed by atoms with Crippen molar-refractivity contribution in [3.05, 3.63) is 36.5 Å². The number of fused-ring (bicyclic) bond motifs is 1. The van der Waals surface area contributed by atoms with Crippen LogP contribution in [0.3, 0.4) is 0 Å². The summed E-state index contributed by atoms with van der Waals surface area (Å²) < 4.78 is 1.95. The third-order valence-corrected chi connectivity index (χ3v) is 4.49. The van der Waals surface area contributed by atoms with Crippen molar-refractivity contribution < 1.29 is 9.90 Å². The lowest BCUT2D eigenvalue weighted by atomic mass is 10.1. The maximum Gasteiger partial charge on any atom is 0.313 e. The molecule has 23 heavy (non-hydrogen) atoms. The van der Waals surface area contributed by atoms with Crippen LogP contribution in [0.15, 0.2) is 41.4 Å². The van der Waals surface area contributed by atoms with Crippen LogP contribution in [0.1, 0.15) is 20.8 Å². The van der Waals surface area contributed by atoms with Gasteiger partial charge >= 0.3 is 5.97 Å². The van der Waals surface area contributed by atoms with E-state index in [0.29, 0.717) is 0 Å². The van der Waals surface area contributed by atoms with E-state index in [-0.39, 0.29) is 11.3 Å². The molecule has 2 aromatic heterocycles. The van der Waals surface area contributed by atoms with Crippen LogP contribution in [0.5, 0.6) is 0 Å². The predicted molar refractivity (Wildman–Crippen MR) is 92.9 cm³/mol. The number of aromatic amines is 1. The average Bonchev–Trinajstić information content (AvgIpc) is 3.10. The highest BCUT2D eigenvalue weighted by Crippen LogP contribution is 2.28. The zero-order chi connectivity index (χ0) is 16.6. The summed E-state index contributed by atoms with van der Waals surface area (Å²) in [7, 11) is 0. The minimum Gasteiger partial charge on any atom is -0.481 e. The van der Waals surface area contributed by atoms with E-state index in [9.17, 15) is 4.79 Å². The molecule has 0 aliphatic rings. The first-order valence-corrected chi connectivity index (χ1v) is 8.35. The van der Waals surface area contributed by atoms with Crippen LogP contribution >= 0.6 is 11.8 Å². The highest BCUT2D eigenvalue weighted by Gasteiger charge is 2.15. The van der Waals surface area contributed by atoms with Crippen LogP contribution in [-0.2, 0) is 10.3 Å². The lowest BCUT2D eigenvalue weighted by molar-refractivity contribution is -0.133. The van der Waals surface area contributed by atoms with Gasteiger partial charge in [-0.2, -0.15) is 5.10 Å². The molecule has 5 nitrogen and oxygen atoms in total. The number of hydrogen-bond donors (Lipinski definition) is 2. The monoisotopic (exact) mass is 329 g/mol. The normalized spacial score (nSPS) is 12.0. The minimum atomic E-state index is -0.808. The van der Waals surface area contributed by atoms with Gasteiger partial charge in [-0.25, -0.2) is 0 Å². The molecule has 0 aliphatic heterocycles. The van der Waals surface area contributed by atoms with Gasteiger partial charge in [0.15, 0.2) is 0 Å². The summed E-state index contributed by atoms with van der Waals surface area (Å²) in [4.78, 5) is 15.0. The second kappa shape index (κ2) is 5.77. The van der Waals surface area contributed by atoms with Crippen molar-refractivity contribution in [2.24, 2.45) is 0 Å². The Morgan fingerprint density at radius 1 is 1.30 bits per heavy atom. The molecule has 1 aromatic carbocycles. The Kier molecular flexibility index (Phi) is 3.93. The van der Waals surface area contributed by atoms with Crippen molar-refractivity contribution in [1.29, 1.82) is 0 Å². The van der Waals surface area contributed by atoms with E-state index >= 15 is 0 Å². The van der Waals surface area contributed by atoms with Crippen LogP contribution in [0.2, 0.25) is 0 Å². The molecule has 3 rings (SSSR count). The number of nitrogens with one attached hydrogen (secondary N) is 1. The number of hydrogen-bond acceptors (Lipinski definition) is 3. The third kappa shape index (κ3) is 3.42. The van der Waals surface area contributed by atoms with Crippen molar-refractivity contribution in [2.75, 3.05) is 5.75 Å². The van der Waals surface area contributed by atoms with Crippen LogP contribution in [0.4, 0.5) is 0 Å². The maximum atomic E-state index is 10.7. The standard InChI is InChI=1S/C17H19N3O2S/c1-17(2,3)20-7-6-14(19-20)15-9-11-8-12(23-10-16(21)22)4-5-13(11)18-15/h4-9,18H,10H2,1-3H3,(H,21,22). The Balaban J connectivity index is 1.90. The summed E-state index contributed by atoms with van der Waals surface area (Å²) in [6.45, 7) is 6.34. The molecule has 120 valence electrons. The van der Waals surface area contributed by atoms with Gasteiger partial charge in [0.2, 0.25) is 0 Å². The Morgan fingerprint density at radius 2 is 2.09 bits per heavy atom. The number of aromatic nitrogens is 3. The van der Waals surface area contributed by atoms with E-state index < -0.39 is 5.97 Å². The number of nitrogens with zero attached hydrogens (tertiary/aromatic N) is 2. The molecule has 0 bridgehead atoms. The van der Waals surface area contributed by atoms with E-state index in [2.05, 4.69) is 36.9 Å². The van der Waals surface area contributed by atoms with Gasteiger partial charge in [-0.1, -0.05) is 0 Å². The topological polar surface area (TPSA) is 70.9 Å². The van der Waals surface area contributed by atoms with E-state index in [4.69, 9.17) is 5.11 Å². The quantitative estimate of drug-likeness (QED) is 0.711. The zero-order valence-electron chi connectivity index (χ0n) is 13.3. The summed E-state index contributed by atoms with van der Waals surface area (Å²) in [6.07, 6.45) is 1.98. The van der Waals surface area contributed by atoms with E-state index in [1.165, 1.54) is 11.8 Å². The Morgan fingerprint density at radius 3 is 2.74 bits per heavy atom. The van der Waals surface area contributed by atoms with E-state index in [1.807, 2.05) is 35.1 Å². The fourth-order valence-electron chi connectivity index (χ4n) is 2.32. The van der Waals surface area contributed by atoms with Gasteiger partial charge in [0.1, 0.15) is 5.69 Å². The summed E-state index contributed by atoms with van der Waals surface area (Å²) in [6, 6.07) is 9.96. The molecule has 3 aromatic rings. The van der Waals surface area contributed by atoms with Gasteiger partial charge in [-0.05, 0) is 51.1 Å². The highest BCUT2D eigenvalue weighted by atomic mass is 32.2. The molecule has 2 N–H and O–H groups in total. The number of thioether (sulfide) groups is 1. The largest absolute Gasteiger partial charge is 0.481 e. The minimum absolute atomic E-state index is 0.0507. The Labute approximate surface area is 138 Å². The number of carboxylic acids is 1. The first kappa shape index (κ1) is 15.7. The molecule has 0 saturated heterocycles. The lowest BCUT2D eigenvalue weighted by Gasteiger charge is -2.18. The van der Waals surface area contributed by atoms with Crippen molar-refractivity contribution >= 4 is 28.6 Å². The highest BCUT2D eigenvalue weighted by molar-refractivity contribution is 8.00. The van der Waals surface area contributed by atoms with Gasteiger partial charge in [0, 0.05) is 22.0 Å². The predicted octanol–water partition coefficient (Wildman–Crippen LogP) is 3.96. The molecule has 0 fully saturated rings. The van der Waals surface area contributed by atoms with Crippen molar-refractivity contribution in [3.8, 4) is 11.4 Å². The van der Waals surface area contributed by atoms with Crippen LogP contribution in [0, 0.1) is 0 Å². The molecule has 0 saturated carbocycles. The Hall–Kier alpha value is -2.21. The van der Waals surface area contributed by atoms with Gasteiger partial charge in [-0.3, -0.25) is 9.48 Å². The van der Waals surface area contributed by atoms with Crippen LogP contribution < -0.4 is 0 Å². The summed E-state index contributed by atoms with van der Waals surface area (Å²) >= 11 is 1.32. The third-order valence-electron chi connectivity index (χ3n) is 3.51. The Bertz CT molecular complexity index is 858. The number of rotatable bonds is 4. The maximum absolute atomic E-state index is 10.7. The number of carbonyl (C=O) groups is 1. The number of H-pyrrole nitrogens is 1. The molecular weight excluding hydrogens is 310 g/mol. The summed E-state index contributed by atoms with van der Waals surface area (Å²) in [5.41, 5.74) is 2.83. The van der Waals surface area contributed by atoms with Gasteiger partial charge in [0.05, 0.1) is 17.0 Å². The number of aliphatic carboxylic acids is 1. The fraction of sp³-hybridized carbons (Fsp3) is 0.294. The zero-order valence-corrected chi connectivity index (χ0v) is 14.1.